The van der Waals surface area contributed by atoms with Crippen LogP contribution in [-0.4, -0.2) is 44.8 Å². The van der Waals surface area contributed by atoms with E-state index >= 15 is 0 Å². The van der Waals surface area contributed by atoms with Gasteiger partial charge in [-0.1, -0.05) is 30.3 Å². The van der Waals surface area contributed by atoms with Gasteiger partial charge in [-0.3, -0.25) is 4.79 Å². The van der Waals surface area contributed by atoms with Gasteiger partial charge in [-0.25, -0.2) is 0 Å². The van der Waals surface area contributed by atoms with E-state index in [1.807, 2.05) is 6.07 Å². The molecule has 0 N–H and O–H groups in total. The van der Waals surface area contributed by atoms with E-state index in [0.717, 1.165) is 58.3 Å². The zero-order valence-electron chi connectivity index (χ0n) is 18.9. The van der Waals surface area contributed by atoms with Crippen molar-refractivity contribution >= 4 is 16.6 Å². The summed E-state index contributed by atoms with van der Waals surface area (Å²) < 4.78 is 18.0. The summed E-state index contributed by atoms with van der Waals surface area (Å²) in [5.41, 5.74) is 5.84. The van der Waals surface area contributed by atoms with E-state index in [1.165, 1.54) is 22.1 Å². The molecule has 1 aliphatic carbocycles. The summed E-state index contributed by atoms with van der Waals surface area (Å²) in [5.74, 6) is 2.31. The third-order valence-electron chi connectivity index (χ3n) is 7.64. The van der Waals surface area contributed by atoms with Crippen LogP contribution in [0.15, 0.2) is 36.4 Å². The Morgan fingerprint density at radius 3 is 2.69 bits per heavy atom. The van der Waals surface area contributed by atoms with Gasteiger partial charge in [0.05, 0.1) is 39.7 Å². The van der Waals surface area contributed by atoms with E-state index in [1.54, 1.807) is 7.11 Å². The minimum Gasteiger partial charge on any atom is -0.492 e. The summed E-state index contributed by atoms with van der Waals surface area (Å²) >= 11 is 0. The molecule has 0 radical (unpaired) electrons. The van der Waals surface area contributed by atoms with Gasteiger partial charge in [0, 0.05) is 12.0 Å². The fourth-order valence-electron chi connectivity index (χ4n) is 5.89. The summed E-state index contributed by atoms with van der Waals surface area (Å²) in [6.07, 6.45) is 3.47. The van der Waals surface area contributed by atoms with Crippen LogP contribution in [0.3, 0.4) is 0 Å². The van der Waals surface area contributed by atoms with E-state index in [2.05, 4.69) is 44.4 Å². The third kappa shape index (κ3) is 2.77. The fraction of sp³-hybridized carbons (Fsp3) is 0.370. The predicted molar refractivity (Wildman–Crippen MR) is 123 cm³/mol. The molecule has 32 heavy (non-hydrogen) atoms. The standard InChI is InChI=1S/C27H28NO4/c1-28(2)12-11-18-13-23-26(32-15-31-23)27(30-3)25(18)21(28)14-22(29)19-10-9-17-8-7-16-5-4-6-20(19)24(16)17/h4-6,9-10,13,21H,7-8,11-12,14-15H2,1-3H3/q+1/t21-/m1/s1. The first-order valence-electron chi connectivity index (χ1n) is 11.4. The highest BCUT2D eigenvalue weighted by Gasteiger charge is 2.42. The Hall–Kier alpha value is -3.05. The number of fused-ring (bicyclic) bond motifs is 2. The Labute approximate surface area is 188 Å². The number of ketones is 1. The number of likely N-dealkylation sites (N-methyl/N-ethyl adjacent to an activating group) is 1. The maximum Gasteiger partial charge on any atom is 0.231 e. The lowest BCUT2D eigenvalue weighted by Crippen LogP contribution is -2.48. The van der Waals surface area contributed by atoms with Gasteiger partial charge in [-0.2, -0.15) is 0 Å². The first kappa shape index (κ1) is 19.6. The molecule has 0 aromatic heterocycles. The molecular weight excluding hydrogens is 402 g/mol. The minimum atomic E-state index is -0.0151. The number of methoxy groups -OCH3 is 1. The second-order valence-electron chi connectivity index (χ2n) is 9.72. The lowest BCUT2D eigenvalue weighted by Gasteiger charge is -2.43. The molecule has 164 valence electrons. The maximum atomic E-state index is 13.8. The summed E-state index contributed by atoms with van der Waals surface area (Å²) in [4.78, 5) is 13.8. The molecule has 0 bridgehead atoms. The van der Waals surface area contributed by atoms with Crippen molar-refractivity contribution in [1.29, 1.82) is 0 Å². The number of rotatable bonds is 4. The first-order valence-corrected chi connectivity index (χ1v) is 11.4. The highest BCUT2D eigenvalue weighted by molar-refractivity contribution is 6.10. The molecule has 0 unspecified atom stereocenters. The quantitative estimate of drug-likeness (QED) is 0.448. The van der Waals surface area contributed by atoms with E-state index in [4.69, 9.17) is 14.2 Å². The minimum absolute atomic E-state index is 0.0151. The Balaban J connectivity index is 1.45. The van der Waals surface area contributed by atoms with Crippen LogP contribution in [0, 0.1) is 0 Å². The van der Waals surface area contributed by atoms with Gasteiger partial charge in [0.15, 0.2) is 17.3 Å². The number of carbonyl (C=O) groups is 1. The Morgan fingerprint density at radius 2 is 1.88 bits per heavy atom. The molecule has 0 saturated carbocycles. The number of nitrogens with zero attached hydrogens (tertiary/aromatic N) is 1. The second kappa shape index (κ2) is 6.97. The molecule has 3 aromatic carbocycles. The molecule has 0 fully saturated rings. The Morgan fingerprint density at radius 1 is 1.06 bits per heavy atom. The van der Waals surface area contributed by atoms with Gasteiger partial charge in [0.25, 0.3) is 0 Å². The number of hydrogen-bond donors (Lipinski definition) is 0. The molecule has 2 heterocycles. The fourth-order valence-corrected chi connectivity index (χ4v) is 5.89. The van der Waals surface area contributed by atoms with Gasteiger partial charge in [0.2, 0.25) is 12.5 Å². The molecule has 3 aliphatic rings. The summed E-state index contributed by atoms with van der Waals surface area (Å²) in [5, 5.41) is 2.39. The molecule has 6 rings (SSSR count). The smallest absolute Gasteiger partial charge is 0.231 e. The van der Waals surface area contributed by atoms with Gasteiger partial charge in [-0.15, -0.1) is 0 Å². The van der Waals surface area contributed by atoms with Crippen LogP contribution in [0.5, 0.6) is 17.2 Å². The van der Waals surface area contributed by atoms with Crippen molar-refractivity contribution in [3.05, 3.63) is 64.2 Å². The number of benzene rings is 3. The molecule has 0 amide bonds. The molecule has 0 saturated heterocycles. The number of ether oxygens (including phenoxy) is 3. The molecule has 2 aliphatic heterocycles. The van der Waals surface area contributed by atoms with Crippen molar-refractivity contribution in [2.24, 2.45) is 0 Å². The van der Waals surface area contributed by atoms with Crippen LogP contribution in [-0.2, 0) is 19.3 Å². The molecule has 0 spiro atoms. The van der Waals surface area contributed by atoms with Crippen molar-refractivity contribution < 1.29 is 23.5 Å². The van der Waals surface area contributed by atoms with Crippen LogP contribution in [0.2, 0.25) is 0 Å². The highest BCUT2D eigenvalue weighted by Crippen LogP contribution is 2.51. The monoisotopic (exact) mass is 430 g/mol. The van der Waals surface area contributed by atoms with Crippen molar-refractivity contribution in [2.45, 2.75) is 31.7 Å². The number of aryl methyl sites for hydroxylation is 2. The summed E-state index contributed by atoms with van der Waals surface area (Å²) in [6, 6.07) is 12.6. The summed E-state index contributed by atoms with van der Waals surface area (Å²) in [6.45, 7) is 1.16. The largest absolute Gasteiger partial charge is 0.492 e. The van der Waals surface area contributed by atoms with Gasteiger partial charge >= 0.3 is 0 Å². The van der Waals surface area contributed by atoms with E-state index in [0.29, 0.717) is 12.2 Å². The van der Waals surface area contributed by atoms with Crippen LogP contribution < -0.4 is 14.2 Å². The third-order valence-corrected chi connectivity index (χ3v) is 7.64. The highest BCUT2D eigenvalue weighted by atomic mass is 16.7. The maximum absolute atomic E-state index is 13.8. The number of carbonyl (C=O) groups excluding carboxylic acids is 1. The summed E-state index contributed by atoms with van der Waals surface area (Å²) in [7, 11) is 6.09. The van der Waals surface area contributed by atoms with Crippen molar-refractivity contribution in [3.8, 4) is 17.2 Å². The van der Waals surface area contributed by atoms with Crippen LogP contribution in [0.25, 0.3) is 10.8 Å². The molecule has 5 nitrogen and oxygen atoms in total. The number of Topliss-reactive ketones (excluding diaryl/α,β-unsaturated/α-hetero) is 1. The van der Waals surface area contributed by atoms with E-state index in [9.17, 15) is 4.79 Å². The predicted octanol–water partition coefficient (Wildman–Crippen LogP) is 4.62. The lowest BCUT2D eigenvalue weighted by atomic mass is 9.85. The second-order valence-corrected chi connectivity index (χ2v) is 9.72. The first-order chi connectivity index (χ1) is 15.5. The van der Waals surface area contributed by atoms with Gasteiger partial charge in [0.1, 0.15) is 6.04 Å². The topological polar surface area (TPSA) is 44.8 Å². The Bertz CT molecular complexity index is 1270. The number of quaternary nitrogens is 1. The molecule has 1 atom stereocenters. The van der Waals surface area contributed by atoms with Crippen molar-refractivity contribution in [3.63, 3.8) is 0 Å². The average Bonchev–Trinajstić information content (AvgIpc) is 3.42. The van der Waals surface area contributed by atoms with E-state index < -0.39 is 0 Å². The van der Waals surface area contributed by atoms with Crippen molar-refractivity contribution in [1.82, 2.24) is 0 Å². The molecular formula is C27H28NO4+. The van der Waals surface area contributed by atoms with Gasteiger partial charge in [-0.05, 0) is 46.4 Å². The molecule has 5 heteroatoms. The van der Waals surface area contributed by atoms with Gasteiger partial charge < -0.3 is 18.7 Å². The van der Waals surface area contributed by atoms with Crippen LogP contribution >= 0.6 is 0 Å². The average molecular weight is 431 g/mol. The van der Waals surface area contributed by atoms with Crippen molar-refractivity contribution in [2.75, 3.05) is 34.5 Å². The lowest BCUT2D eigenvalue weighted by molar-refractivity contribution is -0.922. The Kier molecular flexibility index (Phi) is 4.28. The molecule has 3 aromatic rings. The van der Waals surface area contributed by atoms with E-state index in [-0.39, 0.29) is 18.6 Å². The zero-order valence-corrected chi connectivity index (χ0v) is 18.9. The normalized spacial score (nSPS) is 19.8. The van der Waals surface area contributed by atoms with Crippen LogP contribution in [0.1, 0.15) is 45.1 Å². The SMILES string of the molecule is COc1c2c(cc3c1[C@@H](CC(=O)c1ccc4c5c(cccc15)CC4)[N+](C)(C)CC3)OCO2. The number of hydrogen-bond acceptors (Lipinski definition) is 4. The van der Waals surface area contributed by atoms with Crippen LogP contribution in [0.4, 0.5) is 0 Å². The zero-order chi connectivity index (χ0) is 22.0.